The Kier molecular flexibility index (Phi) is 2.04. The molecule has 0 saturated carbocycles. The Bertz CT molecular complexity index is 468. The van der Waals surface area contributed by atoms with Crippen molar-refractivity contribution in [2.75, 3.05) is 0 Å². The van der Waals surface area contributed by atoms with Crippen LogP contribution >= 0.6 is 0 Å². The Hall–Kier alpha value is -2.10. The fraction of sp³-hybridized carbons (Fsp3) is 0.0909. The predicted molar refractivity (Wildman–Crippen MR) is 51.8 cm³/mol. The average molecular weight is 204 g/mol. The minimum Gasteiger partial charge on any atom is -0.501 e. The molecule has 4 heteroatoms. The Balaban J connectivity index is 2.51. The zero-order valence-corrected chi connectivity index (χ0v) is 7.98. The lowest BCUT2D eigenvalue weighted by atomic mass is 10.0. The number of carbonyl (C=O) groups excluding carboxylic acids is 2. The molecule has 15 heavy (non-hydrogen) atoms. The van der Waals surface area contributed by atoms with Crippen molar-refractivity contribution in [2.45, 2.75) is 6.92 Å². The minimum atomic E-state index is -0.990. The molecule has 0 unspecified atom stereocenters. The van der Waals surface area contributed by atoms with Crippen LogP contribution in [-0.2, 0) is 14.3 Å². The van der Waals surface area contributed by atoms with E-state index in [1.165, 1.54) is 0 Å². The summed E-state index contributed by atoms with van der Waals surface area (Å²) >= 11 is 0. The molecule has 0 radical (unpaired) electrons. The number of aliphatic hydroxyl groups excluding tert-OH is 1. The molecule has 4 nitrogen and oxygen atoms in total. The number of cyclic esters (lactones) is 2. The van der Waals surface area contributed by atoms with Gasteiger partial charge in [-0.1, -0.05) is 29.8 Å². The average Bonchev–Trinajstić information content (AvgIpc) is 2.44. The van der Waals surface area contributed by atoms with Crippen molar-refractivity contribution < 1.29 is 19.4 Å². The maximum absolute atomic E-state index is 11.2. The van der Waals surface area contributed by atoms with Gasteiger partial charge in [-0.15, -0.1) is 0 Å². The molecule has 0 aliphatic carbocycles. The van der Waals surface area contributed by atoms with Crippen molar-refractivity contribution in [2.24, 2.45) is 0 Å². The van der Waals surface area contributed by atoms with Gasteiger partial charge in [0.15, 0.2) is 0 Å². The molecule has 1 aliphatic heterocycles. The summed E-state index contributed by atoms with van der Waals surface area (Å²) < 4.78 is 4.27. The molecule has 0 aromatic heterocycles. The van der Waals surface area contributed by atoms with Crippen molar-refractivity contribution >= 4 is 17.5 Å². The third-order valence-electron chi connectivity index (χ3n) is 2.16. The number of carbonyl (C=O) groups is 2. The van der Waals surface area contributed by atoms with Gasteiger partial charge in [-0.3, -0.25) is 0 Å². The van der Waals surface area contributed by atoms with Crippen LogP contribution in [0.4, 0.5) is 0 Å². The largest absolute Gasteiger partial charge is 0.501 e. The smallest absolute Gasteiger partial charge is 0.382 e. The van der Waals surface area contributed by atoms with E-state index < -0.39 is 17.7 Å². The lowest BCUT2D eigenvalue weighted by molar-refractivity contribution is -0.151. The minimum absolute atomic E-state index is 0.0694. The number of aliphatic hydroxyl groups is 1. The number of benzene rings is 1. The molecule has 0 fully saturated rings. The normalized spacial score (nSPS) is 15.8. The van der Waals surface area contributed by atoms with Gasteiger partial charge in [0.1, 0.15) is 5.57 Å². The molecule has 1 aromatic carbocycles. The van der Waals surface area contributed by atoms with Crippen molar-refractivity contribution in [1.82, 2.24) is 0 Å². The predicted octanol–water partition coefficient (Wildman–Crippen LogP) is 1.35. The van der Waals surface area contributed by atoms with Crippen LogP contribution in [0.3, 0.4) is 0 Å². The third-order valence-corrected chi connectivity index (χ3v) is 2.16. The zero-order chi connectivity index (χ0) is 11.0. The molecular weight excluding hydrogens is 196 g/mol. The number of hydrogen-bond donors (Lipinski definition) is 1. The molecule has 76 valence electrons. The second-order valence-corrected chi connectivity index (χ2v) is 3.27. The van der Waals surface area contributed by atoms with Crippen LogP contribution in [0, 0.1) is 6.92 Å². The second-order valence-electron chi connectivity index (χ2n) is 3.27. The summed E-state index contributed by atoms with van der Waals surface area (Å²) in [6, 6.07) is 6.87. The van der Waals surface area contributed by atoms with Crippen LogP contribution in [0.15, 0.2) is 30.0 Å². The van der Waals surface area contributed by atoms with Crippen LogP contribution in [0.5, 0.6) is 0 Å². The molecule has 0 saturated heterocycles. The van der Waals surface area contributed by atoms with Crippen molar-refractivity contribution in [3.8, 4) is 0 Å². The van der Waals surface area contributed by atoms with Gasteiger partial charge in [0.05, 0.1) is 0 Å². The summed E-state index contributed by atoms with van der Waals surface area (Å²) in [7, 11) is 0. The van der Waals surface area contributed by atoms with E-state index >= 15 is 0 Å². The van der Waals surface area contributed by atoms with Gasteiger partial charge in [-0.05, 0) is 12.5 Å². The highest BCUT2D eigenvalue weighted by atomic mass is 16.6. The first kappa shape index (κ1) is 9.45. The van der Waals surface area contributed by atoms with Crippen molar-refractivity contribution in [3.05, 3.63) is 41.2 Å². The second kappa shape index (κ2) is 3.24. The van der Waals surface area contributed by atoms with E-state index in [0.717, 1.165) is 5.56 Å². The first-order valence-electron chi connectivity index (χ1n) is 4.36. The van der Waals surface area contributed by atoms with E-state index in [1.54, 1.807) is 24.3 Å². The van der Waals surface area contributed by atoms with E-state index in [0.29, 0.717) is 5.56 Å². The molecule has 1 aliphatic rings. The summed E-state index contributed by atoms with van der Waals surface area (Å²) in [6.45, 7) is 1.90. The van der Waals surface area contributed by atoms with Crippen LogP contribution in [-0.4, -0.2) is 17.0 Å². The quantitative estimate of drug-likeness (QED) is 0.554. The van der Waals surface area contributed by atoms with Gasteiger partial charge in [0.25, 0.3) is 0 Å². The molecule has 0 bridgehead atoms. The molecule has 1 heterocycles. The number of aryl methyl sites for hydroxylation is 1. The molecule has 0 atom stereocenters. The van der Waals surface area contributed by atoms with Crippen LogP contribution in [0.1, 0.15) is 11.1 Å². The van der Waals surface area contributed by atoms with Gasteiger partial charge < -0.3 is 9.84 Å². The summed E-state index contributed by atoms with van der Waals surface area (Å²) in [5.74, 6) is -2.42. The first-order chi connectivity index (χ1) is 7.09. The summed E-state index contributed by atoms with van der Waals surface area (Å²) in [4.78, 5) is 22.1. The molecular formula is C11H8O4. The lowest BCUT2D eigenvalue weighted by Crippen LogP contribution is -2.01. The number of esters is 2. The van der Waals surface area contributed by atoms with Gasteiger partial charge >= 0.3 is 11.9 Å². The Morgan fingerprint density at radius 2 is 1.67 bits per heavy atom. The molecule has 2 rings (SSSR count). The fourth-order valence-corrected chi connectivity index (χ4v) is 1.36. The number of ether oxygens (including phenoxy) is 1. The Labute approximate surface area is 85.8 Å². The topological polar surface area (TPSA) is 63.6 Å². The Morgan fingerprint density at radius 1 is 1.07 bits per heavy atom. The lowest BCUT2D eigenvalue weighted by Gasteiger charge is -1.99. The van der Waals surface area contributed by atoms with Crippen LogP contribution in [0.2, 0.25) is 0 Å². The highest BCUT2D eigenvalue weighted by molar-refractivity contribution is 6.29. The van der Waals surface area contributed by atoms with Crippen molar-refractivity contribution in [3.63, 3.8) is 0 Å². The zero-order valence-electron chi connectivity index (χ0n) is 7.98. The highest BCUT2D eigenvalue weighted by Gasteiger charge is 2.33. The number of hydrogen-bond acceptors (Lipinski definition) is 4. The summed E-state index contributed by atoms with van der Waals surface area (Å²) in [5, 5.41) is 9.33. The maximum atomic E-state index is 11.2. The fourth-order valence-electron chi connectivity index (χ4n) is 1.36. The standard InChI is InChI=1S/C11H8O4/c1-6-2-4-7(5-3-6)8-9(12)11(14)15-10(8)13/h2-5,12H,1H3. The van der Waals surface area contributed by atoms with Gasteiger partial charge in [-0.2, -0.15) is 0 Å². The van der Waals surface area contributed by atoms with E-state index in [2.05, 4.69) is 4.74 Å². The van der Waals surface area contributed by atoms with Gasteiger partial charge in [-0.25, -0.2) is 9.59 Å². The van der Waals surface area contributed by atoms with Gasteiger partial charge in [0.2, 0.25) is 5.76 Å². The van der Waals surface area contributed by atoms with Crippen molar-refractivity contribution in [1.29, 1.82) is 0 Å². The van der Waals surface area contributed by atoms with E-state index in [1.807, 2.05) is 6.92 Å². The van der Waals surface area contributed by atoms with E-state index in [4.69, 9.17) is 0 Å². The van der Waals surface area contributed by atoms with Gasteiger partial charge in [0, 0.05) is 0 Å². The maximum Gasteiger partial charge on any atom is 0.382 e. The molecule has 0 amide bonds. The SMILES string of the molecule is Cc1ccc(C2=C(O)C(=O)OC2=O)cc1. The van der Waals surface area contributed by atoms with E-state index in [9.17, 15) is 14.7 Å². The van der Waals surface area contributed by atoms with Crippen LogP contribution < -0.4 is 0 Å². The van der Waals surface area contributed by atoms with E-state index in [-0.39, 0.29) is 5.57 Å². The Morgan fingerprint density at radius 3 is 2.13 bits per heavy atom. The monoisotopic (exact) mass is 204 g/mol. The third kappa shape index (κ3) is 1.50. The summed E-state index contributed by atoms with van der Waals surface area (Å²) in [5.41, 5.74) is 1.44. The molecule has 1 N–H and O–H groups in total. The number of rotatable bonds is 1. The van der Waals surface area contributed by atoms with Crippen LogP contribution in [0.25, 0.3) is 5.57 Å². The molecule has 1 aromatic rings. The highest BCUT2D eigenvalue weighted by Crippen LogP contribution is 2.25. The first-order valence-corrected chi connectivity index (χ1v) is 4.36. The summed E-state index contributed by atoms with van der Waals surface area (Å²) in [6.07, 6.45) is 0. The molecule has 0 spiro atoms.